The number of amides is 1. The highest BCUT2D eigenvalue weighted by atomic mass is 127. The smallest absolute Gasteiger partial charge is 0.256 e. The minimum absolute atomic E-state index is 0.141. The van der Waals surface area contributed by atoms with Crippen LogP contribution in [0.1, 0.15) is 33.1 Å². The summed E-state index contributed by atoms with van der Waals surface area (Å²) in [5, 5.41) is 12.8. The van der Waals surface area contributed by atoms with Gasteiger partial charge in [0.1, 0.15) is 15.6 Å². The molecule has 2 aromatic rings. The lowest BCUT2D eigenvalue weighted by atomic mass is 9.95. The van der Waals surface area contributed by atoms with Gasteiger partial charge in [-0.3, -0.25) is 4.79 Å². The van der Waals surface area contributed by atoms with Crippen molar-refractivity contribution in [1.82, 2.24) is 10.3 Å². The predicted octanol–water partition coefficient (Wildman–Crippen LogP) is 2.63. The molecule has 0 aliphatic carbocycles. The molecule has 7 heteroatoms. The highest BCUT2D eigenvalue weighted by Gasteiger charge is 2.36. The number of fused-ring (bicyclic) bond motifs is 1. The van der Waals surface area contributed by atoms with Crippen molar-refractivity contribution >= 4 is 45.9 Å². The van der Waals surface area contributed by atoms with Gasteiger partial charge >= 0.3 is 0 Å². The van der Waals surface area contributed by atoms with Crippen LogP contribution in [0.3, 0.4) is 0 Å². The summed E-state index contributed by atoms with van der Waals surface area (Å²) in [6.45, 7) is 0. The minimum atomic E-state index is -0.418. The van der Waals surface area contributed by atoms with E-state index in [1.54, 1.807) is 12.1 Å². The number of nitrogen functional groups attached to an aromatic ring is 1. The van der Waals surface area contributed by atoms with Crippen LogP contribution in [-0.4, -0.2) is 10.9 Å². The van der Waals surface area contributed by atoms with Gasteiger partial charge < -0.3 is 11.1 Å². The molecular formula is C14H8ClIN4O. The highest BCUT2D eigenvalue weighted by Crippen LogP contribution is 2.37. The highest BCUT2D eigenvalue weighted by molar-refractivity contribution is 14.1. The summed E-state index contributed by atoms with van der Waals surface area (Å²) >= 11 is 7.83. The summed E-state index contributed by atoms with van der Waals surface area (Å²) in [5.41, 5.74) is 7.92. The minimum Gasteiger partial charge on any atom is -0.383 e. The number of pyridine rings is 1. The Morgan fingerprint density at radius 2 is 2.05 bits per heavy atom. The molecule has 1 unspecified atom stereocenters. The Kier molecular flexibility index (Phi) is 3.47. The van der Waals surface area contributed by atoms with Crippen LogP contribution < -0.4 is 11.1 Å². The number of nitriles is 1. The van der Waals surface area contributed by atoms with E-state index >= 15 is 0 Å². The molecular weight excluding hydrogens is 403 g/mol. The third kappa shape index (κ3) is 2.22. The number of nitrogens with one attached hydrogen (secondary N) is 1. The average Bonchev–Trinajstić information content (AvgIpc) is 2.78. The number of aromatic nitrogens is 1. The van der Waals surface area contributed by atoms with Crippen molar-refractivity contribution in [2.45, 2.75) is 6.04 Å². The summed E-state index contributed by atoms with van der Waals surface area (Å²) in [6, 6.07) is 8.79. The summed E-state index contributed by atoms with van der Waals surface area (Å²) < 4.78 is 0.488. The maximum absolute atomic E-state index is 12.1. The zero-order valence-electron chi connectivity index (χ0n) is 10.5. The number of nitrogens with two attached hydrogens (primary N) is 1. The first-order valence-corrected chi connectivity index (χ1v) is 7.44. The number of hydrogen-bond acceptors (Lipinski definition) is 4. The van der Waals surface area contributed by atoms with E-state index in [1.165, 1.54) is 0 Å². The number of halogens is 2. The van der Waals surface area contributed by atoms with E-state index in [2.05, 4.69) is 16.4 Å². The molecule has 1 aliphatic heterocycles. The Morgan fingerprint density at radius 3 is 2.67 bits per heavy atom. The molecule has 1 aliphatic rings. The molecule has 0 bridgehead atoms. The fraction of sp³-hybridized carbons (Fsp3) is 0.0714. The fourth-order valence-corrected chi connectivity index (χ4v) is 3.20. The van der Waals surface area contributed by atoms with Crippen molar-refractivity contribution in [2.24, 2.45) is 0 Å². The van der Waals surface area contributed by atoms with Gasteiger partial charge in [-0.2, -0.15) is 5.26 Å². The summed E-state index contributed by atoms with van der Waals surface area (Å²) in [4.78, 5) is 16.2. The summed E-state index contributed by atoms with van der Waals surface area (Å²) in [5.74, 6) is -0.176. The Hall–Kier alpha value is -1.85. The molecule has 3 rings (SSSR count). The van der Waals surface area contributed by atoms with Crippen LogP contribution in [0, 0.1) is 15.0 Å². The molecule has 0 radical (unpaired) electrons. The van der Waals surface area contributed by atoms with Crippen LogP contribution in [-0.2, 0) is 0 Å². The monoisotopic (exact) mass is 410 g/mol. The molecule has 1 aromatic carbocycles. The van der Waals surface area contributed by atoms with E-state index < -0.39 is 6.04 Å². The number of rotatable bonds is 1. The zero-order valence-corrected chi connectivity index (χ0v) is 13.4. The van der Waals surface area contributed by atoms with Crippen LogP contribution in [0.25, 0.3) is 0 Å². The maximum atomic E-state index is 12.1. The van der Waals surface area contributed by atoms with Crippen molar-refractivity contribution in [3.8, 4) is 6.07 Å². The number of anilines is 1. The van der Waals surface area contributed by atoms with E-state index in [1.807, 2.05) is 34.7 Å². The fourth-order valence-electron chi connectivity index (χ4n) is 2.41. The maximum Gasteiger partial charge on any atom is 0.256 e. The largest absolute Gasteiger partial charge is 0.383 e. The Balaban J connectivity index is 2.26. The first-order valence-electron chi connectivity index (χ1n) is 5.98. The second kappa shape index (κ2) is 5.16. The molecule has 0 saturated heterocycles. The van der Waals surface area contributed by atoms with Crippen molar-refractivity contribution in [2.75, 3.05) is 5.73 Å². The van der Waals surface area contributed by atoms with Gasteiger partial charge in [-0.05, 0) is 40.3 Å². The third-order valence-corrected chi connectivity index (χ3v) is 4.36. The molecule has 21 heavy (non-hydrogen) atoms. The number of nitrogens with zero attached hydrogens (tertiary/aromatic N) is 2. The quantitative estimate of drug-likeness (QED) is 0.558. The van der Waals surface area contributed by atoms with E-state index in [0.717, 1.165) is 5.56 Å². The molecule has 0 spiro atoms. The van der Waals surface area contributed by atoms with Crippen LogP contribution in [0.4, 0.5) is 5.82 Å². The van der Waals surface area contributed by atoms with Gasteiger partial charge in [0.05, 0.1) is 17.2 Å². The Bertz CT molecular complexity index is 798. The number of carbonyl (C=O) groups excluding carboxylic acids is 1. The molecule has 2 heterocycles. The number of carbonyl (C=O) groups is 1. The van der Waals surface area contributed by atoms with Gasteiger partial charge in [0.25, 0.3) is 5.91 Å². The lowest BCUT2D eigenvalue weighted by Gasteiger charge is -2.14. The SMILES string of the molecule is N#Cc1c(I)nc(N)c2c1C(c1ccc(Cl)cc1)NC2=O. The first-order chi connectivity index (χ1) is 10.0. The average molecular weight is 411 g/mol. The summed E-state index contributed by atoms with van der Waals surface area (Å²) in [7, 11) is 0. The van der Waals surface area contributed by atoms with Crippen LogP contribution in [0.15, 0.2) is 24.3 Å². The van der Waals surface area contributed by atoms with Gasteiger partial charge in [-0.15, -0.1) is 0 Å². The van der Waals surface area contributed by atoms with Crippen molar-refractivity contribution in [3.63, 3.8) is 0 Å². The standard InChI is InChI=1S/C14H8ClIN4O/c15-7-3-1-6(2-4-7)11-9-8(5-17)12(16)20-13(18)10(9)14(21)19-11/h1-4,11H,(H2,18,20)(H,19,21). The molecule has 0 fully saturated rings. The van der Waals surface area contributed by atoms with Crippen molar-refractivity contribution in [3.05, 3.63) is 55.2 Å². The molecule has 0 saturated carbocycles. The van der Waals surface area contributed by atoms with E-state index in [0.29, 0.717) is 19.9 Å². The lowest BCUT2D eigenvalue weighted by molar-refractivity contribution is 0.0961. The van der Waals surface area contributed by atoms with E-state index in [-0.39, 0.29) is 17.3 Å². The van der Waals surface area contributed by atoms with Crippen molar-refractivity contribution < 1.29 is 4.79 Å². The molecule has 5 nitrogen and oxygen atoms in total. The lowest BCUT2D eigenvalue weighted by Crippen LogP contribution is -2.20. The van der Waals surface area contributed by atoms with E-state index in [9.17, 15) is 10.1 Å². The molecule has 1 amide bonds. The van der Waals surface area contributed by atoms with Crippen LogP contribution in [0.2, 0.25) is 5.02 Å². The topological polar surface area (TPSA) is 91.8 Å². The Labute approximate surface area is 139 Å². The van der Waals surface area contributed by atoms with Gasteiger partial charge in [0.2, 0.25) is 0 Å². The zero-order chi connectivity index (χ0) is 15.1. The van der Waals surface area contributed by atoms with Crippen LogP contribution >= 0.6 is 34.2 Å². The molecule has 3 N–H and O–H groups in total. The Morgan fingerprint density at radius 1 is 1.38 bits per heavy atom. The van der Waals surface area contributed by atoms with Gasteiger partial charge in [0.15, 0.2) is 0 Å². The molecule has 104 valence electrons. The molecule has 1 atom stereocenters. The second-order valence-corrected chi connectivity index (χ2v) is 5.98. The van der Waals surface area contributed by atoms with Crippen LogP contribution in [0.5, 0.6) is 0 Å². The van der Waals surface area contributed by atoms with Gasteiger partial charge in [-0.1, -0.05) is 23.7 Å². The number of hydrogen-bond donors (Lipinski definition) is 2. The molecule has 1 aromatic heterocycles. The number of benzene rings is 1. The van der Waals surface area contributed by atoms with Gasteiger partial charge in [-0.25, -0.2) is 4.98 Å². The first kappa shape index (κ1) is 14.1. The van der Waals surface area contributed by atoms with E-state index in [4.69, 9.17) is 17.3 Å². The summed E-state index contributed by atoms with van der Waals surface area (Å²) in [6.07, 6.45) is 0. The predicted molar refractivity (Wildman–Crippen MR) is 86.8 cm³/mol. The van der Waals surface area contributed by atoms with Crippen molar-refractivity contribution in [1.29, 1.82) is 5.26 Å². The van der Waals surface area contributed by atoms with Gasteiger partial charge in [0, 0.05) is 10.6 Å². The second-order valence-electron chi connectivity index (χ2n) is 4.52. The third-order valence-electron chi connectivity index (χ3n) is 3.33. The normalized spacial score (nSPS) is 16.2.